The van der Waals surface area contributed by atoms with Gasteiger partial charge in [0.1, 0.15) is 11.4 Å². The Labute approximate surface area is 103 Å². The van der Waals surface area contributed by atoms with Crippen LogP contribution in [0.4, 0.5) is 0 Å². The molecule has 0 aromatic heterocycles. The number of ether oxygens (including phenoxy) is 1. The summed E-state index contributed by atoms with van der Waals surface area (Å²) in [6, 6.07) is 7.43. The number of rotatable bonds is 2. The van der Waals surface area contributed by atoms with Crippen LogP contribution in [0.2, 0.25) is 0 Å². The number of likely N-dealkylation sites (N-methyl/N-ethyl adjacent to an activating group) is 1. The van der Waals surface area contributed by atoms with Crippen LogP contribution in [0.5, 0.6) is 5.75 Å². The normalized spacial score (nSPS) is 30.4. The molecule has 1 N–H and O–H groups in total. The topological polar surface area (TPSA) is 32.7 Å². The zero-order valence-corrected chi connectivity index (χ0v) is 10.8. The monoisotopic (exact) mass is 235 g/mol. The van der Waals surface area contributed by atoms with Crippen molar-refractivity contribution in [2.45, 2.75) is 32.0 Å². The maximum absolute atomic E-state index is 9.62. The van der Waals surface area contributed by atoms with E-state index in [1.807, 2.05) is 18.2 Å². The number of aromatic hydroxyl groups is 1. The SMILES string of the molecule is CCC1(c2cccc(O)c2)CN(C)C[C@H](C)O1. The van der Waals surface area contributed by atoms with Gasteiger partial charge in [-0.05, 0) is 38.1 Å². The third kappa shape index (κ3) is 2.45. The number of hydrogen-bond donors (Lipinski definition) is 1. The second kappa shape index (κ2) is 4.67. The van der Waals surface area contributed by atoms with Crippen LogP contribution in [0.15, 0.2) is 24.3 Å². The molecular weight excluding hydrogens is 214 g/mol. The zero-order valence-electron chi connectivity index (χ0n) is 10.8. The van der Waals surface area contributed by atoms with E-state index in [4.69, 9.17) is 4.74 Å². The number of benzene rings is 1. The fraction of sp³-hybridized carbons (Fsp3) is 0.571. The highest BCUT2D eigenvalue weighted by Gasteiger charge is 2.38. The molecule has 3 nitrogen and oxygen atoms in total. The van der Waals surface area contributed by atoms with Crippen LogP contribution in [-0.4, -0.2) is 36.2 Å². The first kappa shape index (κ1) is 12.4. The largest absolute Gasteiger partial charge is 0.508 e. The first-order valence-electron chi connectivity index (χ1n) is 6.21. The van der Waals surface area contributed by atoms with Crippen molar-refractivity contribution in [3.8, 4) is 5.75 Å². The standard InChI is InChI=1S/C14H21NO2/c1-4-14(10-15(3)9-11(2)17-14)12-6-5-7-13(16)8-12/h5-8,11,16H,4,9-10H2,1-3H3/t11-,14?/m0/s1. The summed E-state index contributed by atoms with van der Waals surface area (Å²) in [5, 5.41) is 9.62. The lowest BCUT2D eigenvalue weighted by Gasteiger charge is -2.44. The Morgan fingerprint density at radius 1 is 1.53 bits per heavy atom. The van der Waals surface area contributed by atoms with E-state index in [0.29, 0.717) is 5.75 Å². The van der Waals surface area contributed by atoms with Gasteiger partial charge < -0.3 is 14.7 Å². The van der Waals surface area contributed by atoms with Crippen molar-refractivity contribution in [1.29, 1.82) is 0 Å². The van der Waals surface area contributed by atoms with E-state index in [0.717, 1.165) is 25.1 Å². The van der Waals surface area contributed by atoms with Crippen LogP contribution in [0.3, 0.4) is 0 Å². The Kier molecular flexibility index (Phi) is 3.40. The van der Waals surface area contributed by atoms with Crippen LogP contribution in [-0.2, 0) is 10.3 Å². The molecule has 0 aliphatic carbocycles. The van der Waals surface area contributed by atoms with Crippen LogP contribution < -0.4 is 0 Å². The molecule has 1 heterocycles. The second-order valence-electron chi connectivity index (χ2n) is 5.02. The van der Waals surface area contributed by atoms with E-state index in [-0.39, 0.29) is 11.7 Å². The molecule has 0 bridgehead atoms. The summed E-state index contributed by atoms with van der Waals surface area (Å²) in [6.45, 7) is 6.07. The Bertz CT molecular complexity index is 382. The maximum Gasteiger partial charge on any atom is 0.115 e. The van der Waals surface area contributed by atoms with Gasteiger partial charge in [-0.2, -0.15) is 0 Å². The molecule has 17 heavy (non-hydrogen) atoms. The van der Waals surface area contributed by atoms with Gasteiger partial charge in [-0.3, -0.25) is 0 Å². The van der Waals surface area contributed by atoms with E-state index < -0.39 is 0 Å². The summed E-state index contributed by atoms with van der Waals surface area (Å²) in [5.41, 5.74) is 0.781. The number of phenols is 1. The van der Waals surface area contributed by atoms with E-state index in [9.17, 15) is 5.11 Å². The van der Waals surface area contributed by atoms with Crippen molar-refractivity contribution in [3.05, 3.63) is 29.8 Å². The lowest BCUT2D eigenvalue weighted by Crippen LogP contribution is -2.51. The summed E-state index contributed by atoms with van der Waals surface area (Å²) in [6.07, 6.45) is 1.13. The molecule has 0 saturated carbocycles. The minimum atomic E-state index is -0.287. The van der Waals surface area contributed by atoms with Gasteiger partial charge in [-0.15, -0.1) is 0 Å². The van der Waals surface area contributed by atoms with Gasteiger partial charge in [-0.25, -0.2) is 0 Å². The molecule has 1 aliphatic rings. The first-order chi connectivity index (χ1) is 8.05. The van der Waals surface area contributed by atoms with Crippen LogP contribution in [0, 0.1) is 0 Å². The Balaban J connectivity index is 2.36. The van der Waals surface area contributed by atoms with E-state index in [2.05, 4.69) is 25.8 Å². The molecule has 1 saturated heterocycles. The van der Waals surface area contributed by atoms with Gasteiger partial charge in [0.25, 0.3) is 0 Å². The van der Waals surface area contributed by atoms with Crippen molar-refractivity contribution in [3.63, 3.8) is 0 Å². The summed E-state index contributed by atoms with van der Waals surface area (Å²) < 4.78 is 6.18. The van der Waals surface area contributed by atoms with Crippen LogP contribution in [0.25, 0.3) is 0 Å². The highest BCUT2D eigenvalue weighted by molar-refractivity contribution is 5.32. The quantitative estimate of drug-likeness (QED) is 0.854. The van der Waals surface area contributed by atoms with Crippen molar-refractivity contribution >= 4 is 0 Å². The van der Waals surface area contributed by atoms with Gasteiger partial charge in [0.15, 0.2) is 0 Å². The molecule has 0 amide bonds. The molecule has 94 valence electrons. The van der Waals surface area contributed by atoms with Crippen molar-refractivity contribution in [1.82, 2.24) is 4.90 Å². The maximum atomic E-state index is 9.62. The first-order valence-corrected chi connectivity index (χ1v) is 6.21. The fourth-order valence-electron chi connectivity index (χ4n) is 2.75. The summed E-state index contributed by atoms with van der Waals surface area (Å²) >= 11 is 0. The minimum Gasteiger partial charge on any atom is -0.508 e. The second-order valence-corrected chi connectivity index (χ2v) is 5.02. The molecule has 3 heteroatoms. The van der Waals surface area contributed by atoms with E-state index in [1.54, 1.807) is 6.07 Å². The Morgan fingerprint density at radius 3 is 2.88 bits per heavy atom. The van der Waals surface area contributed by atoms with Gasteiger partial charge >= 0.3 is 0 Å². The third-order valence-electron chi connectivity index (χ3n) is 3.46. The smallest absolute Gasteiger partial charge is 0.115 e. The van der Waals surface area contributed by atoms with Gasteiger partial charge in [0.05, 0.1) is 6.10 Å². The molecule has 2 rings (SSSR count). The molecule has 0 spiro atoms. The van der Waals surface area contributed by atoms with Gasteiger partial charge in [0, 0.05) is 13.1 Å². The molecular formula is C14H21NO2. The molecule has 0 radical (unpaired) electrons. The lowest BCUT2D eigenvalue weighted by molar-refractivity contribution is -0.151. The predicted octanol–water partition coefficient (Wildman–Crippen LogP) is 2.35. The van der Waals surface area contributed by atoms with Crippen molar-refractivity contribution in [2.24, 2.45) is 0 Å². The van der Waals surface area contributed by atoms with Crippen LogP contribution >= 0.6 is 0 Å². The minimum absolute atomic E-state index is 0.219. The predicted molar refractivity (Wildman–Crippen MR) is 68.1 cm³/mol. The summed E-state index contributed by atoms with van der Waals surface area (Å²) in [5.74, 6) is 0.305. The molecule has 1 unspecified atom stereocenters. The summed E-state index contributed by atoms with van der Waals surface area (Å²) in [4.78, 5) is 2.29. The summed E-state index contributed by atoms with van der Waals surface area (Å²) in [7, 11) is 2.12. The van der Waals surface area contributed by atoms with Gasteiger partial charge in [0.2, 0.25) is 0 Å². The van der Waals surface area contributed by atoms with Crippen molar-refractivity contribution in [2.75, 3.05) is 20.1 Å². The Morgan fingerprint density at radius 2 is 2.29 bits per heavy atom. The highest BCUT2D eigenvalue weighted by atomic mass is 16.5. The molecule has 1 aromatic rings. The highest BCUT2D eigenvalue weighted by Crippen LogP contribution is 2.35. The van der Waals surface area contributed by atoms with E-state index >= 15 is 0 Å². The molecule has 1 fully saturated rings. The number of phenolic OH excluding ortho intramolecular Hbond substituents is 1. The van der Waals surface area contributed by atoms with Crippen LogP contribution in [0.1, 0.15) is 25.8 Å². The zero-order chi connectivity index (χ0) is 12.5. The third-order valence-corrected chi connectivity index (χ3v) is 3.46. The molecule has 1 aromatic carbocycles. The average molecular weight is 235 g/mol. The fourth-order valence-corrected chi connectivity index (χ4v) is 2.75. The average Bonchev–Trinajstić information content (AvgIpc) is 2.27. The molecule has 1 aliphatic heterocycles. The van der Waals surface area contributed by atoms with Crippen molar-refractivity contribution < 1.29 is 9.84 Å². The van der Waals surface area contributed by atoms with Gasteiger partial charge in [-0.1, -0.05) is 19.1 Å². The van der Waals surface area contributed by atoms with E-state index in [1.165, 1.54) is 0 Å². The number of nitrogens with zero attached hydrogens (tertiary/aromatic N) is 1. The molecule has 2 atom stereocenters. The number of hydrogen-bond acceptors (Lipinski definition) is 3. The number of morpholine rings is 1. The lowest BCUT2D eigenvalue weighted by atomic mass is 9.88. The Hall–Kier alpha value is -1.06.